The topological polar surface area (TPSA) is 86.7 Å². The summed E-state index contributed by atoms with van der Waals surface area (Å²) in [6, 6.07) is 0. The molecule has 0 aliphatic rings. The molecule has 2 aromatic rings. The molecule has 0 aliphatic carbocycles. The predicted molar refractivity (Wildman–Crippen MR) is 61.3 cm³/mol. The van der Waals surface area contributed by atoms with Gasteiger partial charge in [0.15, 0.2) is 11.2 Å². The van der Waals surface area contributed by atoms with E-state index in [2.05, 4.69) is 39.1 Å². The Balaban J connectivity index is 2.12. The zero-order chi connectivity index (χ0) is 11.5. The maximum Gasteiger partial charge on any atom is 0.244 e. The number of H-pyrrole nitrogens is 1. The van der Waals surface area contributed by atoms with E-state index in [1.807, 2.05) is 0 Å². The van der Waals surface area contributed by atoms with E-state index in [0.717, 1.165) is 13.0 Å². The average molecular weight is 221 g/mol. The molecule has 16 heavy (non-hydrogen) atoms. The SMILES string of the molecule is CC(C)CCNc1nc(O)c2nc[nH]c2n1. The molecule has 0 bridgehead atoms. The van der Waals surface area contributed by atoms with Gasteiger partial charge in [0.1, 0.15) is 0 Å². The van der Waals surface area contributed by atoms with Crippen LogP contribution in [0.1, 0.15) is 20.3 Å². The van der Waals surface area contributed by atoms with Crippen LogP contribution in [0.4, 0.5) is 5.95 Å². The lowest BCUT2D eigenvalue weighted by atomic mass is 10.1. The first kappa shape index (κ1) is 10.7. The highest BCUT2D eigenvalue weighted by Gasteiger charge is 2.08. The number of nitrogens with one attached hydrogen (secondary N) is 2. The molecule has 0 aliphatic heterocycles. The molecule has 0 saturated heterocycles. The number of fused-ring (bicyclic) bond motifs is 1. The van der Waals surface area contributed by atoms with Gasteiger partial charge < -0.3 is 15.4 Å². The highest BCUT2D eigenvalue weighted by molar-refractivity contribution is 5.76. The van der Waals surface area contributed by atoms with Crippen LogP contribution in [-0.2, 0) is 0 Å². The number of aromatic nitrogens is 4. The van der Waals surface area contributed by atoms with Gasteiger partial charge in [-0.2, -0.15) is 9.97 Å². The molecule has 86 valence electrons. The van der Waals surface area contributed by atoms with Crippen LogP contribution < -0.4 is 5.32 Å². The molecule has 3 N–H and O–H groups in total. The minimum atomic E-state index is -0.0988. The number of anilines is 1. The van der Waals surface area contributed by atoms with E-state index in [4.69, 9.17) is 0 Å². The third-order valence-corrected chi connectivity index (χ3v) is 2.27. The van der Waals surface area contributed by atoms with Crippen LogP contribution in [0.2, 0.25) is 0 Å². The summed E-state index contributed by atoms with van der Waals surface area (Å²) in [4.78, 5) is 14.9. The summed E-state index contributed by atoms with van der Waals surface area (Å²) in [6.45, 7) is 5.09. The molecule has 2 aromatic heterocycles. The minimum Gasteiger partial charge on any atom is -0.492 e. The zero-order valence-electron chi connectivity index (χ0n) is 9.36. The predicted octanol–water partition coefficient (Wildman–Crippen LogP) is 1.52. The Morgan fingerprint density at radius 2 is 2.25 bits per heavy atom. The van der Waals surface area contributed by atoms with Crippen molar-refractivity contribution in [2.45, 2.75) is 20.3 Å². The summed E-state index contributed by atoms with van der Waals surface area (Å²) in [5.41, 5.74) is 0.939. The van der Waals surface area contributed by atoms with Crippen LogP contribution in [0.15, 0.2) is 6.33 Å². The van der Waals surface area contributed by atoms with E-state index in [-0.39, 0.29) is 5.88 Å². The van der Waals surface area contributed by atoms with E-state index in [9.17, 15) is 5.11 Å². The maximum atomic E-state index is 9.58. The lowest BCUT2D eigenvalue weighted by Crippen LogP contribution is -2.07. The molecule has 0 spiro atoms. The van der Waals surface area contributed by atoms with Gasteiger partial charge in [0.2, 0.25) is 11.8 Å². The molecule has 0 radical (unpaired) electrons. The Kier molecular flexibility index (Phi) is 2.89. The van der Waals surface area contributed by atoms with Crippen LogP contribution in [0.3, 0.4) is 0 Å². The van der Waals surface area contributed by atoms with Crippen molar-refractivity contribution in [3.05, 3.63) is 6.33 Å². The molecular weight excluding hydrogens is 206 g/mol. The second kappa shape index (κ2) is 4.34. The van der Waals surface area contributed by atoms with Gasteiger partial charge in [-0.25, -0.2) is 4.98 Å². The number of aromatic amines is 1. The summed E-state index contributed by atoms with van der Waals surface area (Å²) in [6.07, 6.45) is 2.52. The molecule has 0 atom stereocenters. The van der Waals surface area contributed by atoms with Gasteiger partial charge in [-0.15, -0.1) is 0 Å². The van der Waals surface area contributed by atoms with Crippen LogP contribution >= 0.6 is 0 Å². The average Bonchev–Trinajstić information content (AvgIpc) is 2.65. The van der Waals surface area contributed by atoms with Gasteiger partial charge in [-0.1, -0.05) is 13.8 Å². The molecule has 0 saturated carbocycles. The van der Waals surface area contributed by atoms with Crippen LogP contribution in [-0.4, -0.2) is 31.6 Å². The smallest absolute Gasteiger partial charge is 0.244 e. The van der Waals surface area contributed by atoms with Crippen molar-refractivity contribution in [2.24, 2.45) is 5.92 Å². The van der Waals surface area contributed by atoms with E-state index in [0.29, 0.717) is 23.0 Å². The molecule has 0 unspecified atom stereocenters. The van der Waals surface area contributed by atoms with Crippen LogP contribution in [0, 0.1) is 5.92 Å². The Hall–Kier alpha value is -1.85. The second-order valence-corrected chi connectivity index (χ2v) is 4.08. The number of imidazole rings is 1. The fourth-order valence-electron chi connectivity index (χ4n) is 1.37. The van der Waals surface area contributed by atoms with E-state index in [1.165, 1.54) is 6.33 Å². The highest BCUT2D eigenvalue weighted by Crippen LogP contribution is 2.18. The van der Waals surface area contributed by atoms with Gasteiger partial charge in [-0.05, 0) is 12.3 Å². The number of nitrogens with zero attached hydrogens (tertiary/aromatic N) is 3. The summed E-state index contributed by atoms with van der Waals surface area (Å²) in [5, 5.41) is 12.6. The summed E-state index contributed by atoms with van der Waals surface area (Å²) in [5.74, 6) is 0.949. The van der Waals surface area contributed by atoms with Crippen molar-refractivity contribution < 1.29 is 5.11 Å². The fraction of sp³-hybridized carbons (Fsp3) is 0.500. The highest BCUT2D eigenvalue weighted by atomic mass is 16.3. The monoisotopic (exact) mass is 221 g/mol. The third-order valence-electron chi connectivity index (χ3n) is 2.27. The van der Waals surface area contributed by atoms with E-state index >= 15 is 0 Å². The second-order valence-electron chi connectivity index (χ2n) is 4.08. The van der Waals surface area contributed by atoms with Gasteiger partial charge >= 0.3 is 0 Å². The first-order valence-corrected chi connectivity index (χ1v) is 5.31. The molecule has 2 heterocycles. The maximum absolute atomic E-state index is 9.58. The molecule has 0 fully saturated rings. The Bertz CT molecular complexity index is 479. The van der Waals surface area contributed by atoms with Crippen molar-refractivity contribution in [1.82, 2.24) is 19.9 Å². The lowest BCUT2D eigenvalue weighted by molar-refractivity contribution is 0.459. The van der Waals surface area contributed by atoms with Gasteiger partial charge in [0.05, 0.1) is 6.33 Å². The quantitative estimate of drug-likeness (QED) is 0.728. The summed E-state index contributed by atoms with van der Waals surface area (Å²) >= 11 is 0. The third kappa shape index (κ3) is 2.21. The number of hydrogen-bond donors (Lipinski definition) is 3. The number of hydrogen-bond acceptors (Lipinski definition) is 5. The first-order valence-electron chi connectivity index (χ1n) is 5.31. The molecule has 6 heteroatoms. The minimum absolute atomic E-state index is 0.0988. The normalized spacial score (nSPS) is 11.2. The fourth-order valence-corrected chi connectivity index (χ4v) is 1.37. The van der Waals surface area contributed by atoms with Crippen molar-refractivity contribution in [1.29, 1.82) is 0 Å². The standard InChI is InChI=1S/C10H15N5O/c1-6(2)3-4-11-10-14-8-7(9(16)15-10)12-5-13-8/h5-6H,3-4H2,1-2H3,(H3,11,12,13,14,15,16). The first-order chi connectivity index (χ1) is 7.66. The zero-order valence-corrected chi connectivity index (χ0v) is 9.36. The Labute approximate surface area is 93.1 Å². The Morgan fingerprint density at radius 3 is 3.00 bits per heavy atom. The van der Waals surface area contributed by atoms with E-state index in [1.54, 1.807) is 0 Å². The lowest BCUT2D eigenvalue weighted by Gasteiger charge is -2.06. The molecule has 6 nitrogen and oxygen atoms in total. The van der Waals surface area contributed by atoms with Crippen molar-refractivity contribution in [2.75, 3.05) is 11.9 Å². The number of aromatic hydroxyl groups is 1. The summed E-state index contributed by atoms with van der Waals surface area (Å²) < 4.78 is 0. The molecular formula is C10H15N5O. The summed E-state index contributed by atoms with van der Waals surface area (Å²) in [7, 11) is 0. The molecule has 0 amide bonds. The van der Waals surface area contributed by atoms with Gasteiger partial charge in [-0.3, -0.25) is 0 Å². The van der Waals surface area contributed by atoms with Crippen molar-refractivity contribution in [3.63, 3.8) is 0 Å². The Morgan fingerprint density at radius 1 is 1.44 bits per heavy atom. The number of rotatable bonds is 4. The van der Waals surface area contributed by atoms with Crippen molar-refractivity contribution in [3.8, 4) is 5.88 Å². The van der Waals surface area contributed by atoms with Crippen LogP contribution in [0.5, 0.6) is 5.88 Å². The molecule has 0 aromatic carbocycles. The van der Waals surface area contributed by atoms with Gasteiger partial charge in [0.25, 0.3) is 0 Å². The largest absolute Gasteiger partial charge is 0.492 e. The molecule has 2 rings (SSSR count). The van der Waals surface area contributed by atoms with E-state index < -0.39 is 0 Å². The van der Waals surface area contributed by atoms with Crippen LogP contribution in [0.25, 0.3) is 11.2 Å². The van der Waals surface area contributed by atoms with Crippen molar-refractivity contribution >= 4 is 17.1 Å². The van der Waals surface area contributed by atoms with Gasteiger partial charge in [0, 0.05) is 6.54 Å².